The van der Waals surface area contributed by atoms with Crippen LogP contribution >= 0.6 is 11.8 Å². The van der Waals surface area contributed by atoms with Crippen molar-refractivity contribution in [3.05, 3.63) is 36.3 Å². The Kier molecular flexibility index (Phi) is 3.20. The predicted molar refractivity (Wildman–Crippen MR) is 63.1 cm³/mol. The van der Waals surface area contributed by atoms with E-state index >= 15 is 0 Å². The lowest BCUT2D eigenvalue weighted by Gasteiger charge is -2.06. The second-order valence-electron chi connectivity index (χ2n) is 3.11. The molecule has 86 valence electrons. The minimum Gasteiger partial charge on any atom is -0.505 e. The van der Waals surface area contributed by atoms with Crippen LogP contribution in [0.2, 0.25) is 0 Å². The van der Waals surface area contributed by atoms with Crippen LogP contribution in [0.25, 0.3) is 0 Å². The van der Waals surface area contributed by atoms with Crippen LogP contribution in [-0.4, -0.2) is 26.1 Å². The Labute approximate surface area is 101 Å². The molecule has 0 aromatic carbocycles. The average molecular weight is 247 g/mol. The molecule has 2 aromatic rings. The quantitative estimate of drug-likeness (QED) is 0.551. The first-order valence-corrected chi connectivity index (χ1v) is 5.47. The summed E-state index contributed by atoms with van der Waals surface area (Å²) < 4.78 is 0. The fourth-order valence-corrected chi connectivity index (χ4v) is 2.09. The van der Waals surface area contributed by atoms with Crippen LogP contribution in [0.15, 0.2) is 40.6 Å². The second-order valence-corrected chi connectivity index (χ2v) is 4.17. The van der Waals surface area contributed by atoms with E-state index in [9.17, 15) is 5.11 Å². The highest BCUT2D eigenvalue weighted by atomic mass is 32.2. The van der Waals surface area contributed by atoms with Gasteiger partial charge in [0.15, 0.2) is 0 Å². The molecule has 0 saturated carbocycles. The molecule has 0 atom stereocenters. The Balaban J connectivity index is 2.40. The molecule has 0 aliphatic heterocycles. The van der Waals surface area contributed by atoms with Crippen molar-refractivity contribution >= 4 is 17.6 Å². The van der Waals surface area contributed by atoms with Gasteiger partial charge in [-0.3, -0.25) is 10.4 Å². The summed E-state index contributed by atoms with van der Waals surface area (Å²) in [6.07, 6.45) is 4.45. The minimum atomic E-state index is -0.242. The van der Waals surface area contributed by atoms with E-state index in [1.54, 1.807) is 24.5 Å². The molecule has 0 bridgehead atoms. The van der Waals surface area contributed by atoms with Crippen LogP contribution in [0.5, 0.6) is 5.75 Å². The van der Waals surface area contributed by atoms with Gasteiger partial charge < -0.3 is 10.8 Å². The first-order chi connectivity index (χ1) is 8.18. The fourth-order valence-electron chi connectivity index (χ4n) is 1.20. The maximum Gasteiger partial charge on any atom is 0.149 e. The number of nitrogens with two attached hydrogens (primary N) is 1. The smallest absolute Gasteiger partial charge is 0.149 e. The van der Waals surface area contributed by atoms with Gasteiger partial charge >= 0.3 is 0 Å². The Hall–Kier alpha value is -2.15. The van der Waals surface area contributed by atoms with Crippen molar-refractivity contribution in [2.75, 3.05) is 0 Å². The average Bonchev–Trinajstić information content (AvgIpc) is 2.30. The molecule has 0 aliphatic carbocycles. The van der Waals surface area contributed by atoms with Crippen LogP contribution < -0.4 is 5.73 Å². The van der Waals surface area contributed by atoms with Gasteiger partial charge in [-0.15, -0.1) is 5.10 Å². The first-order valence-electron chi connectivity index (χ1n) is 4.65. The summed E-state index contributed by atoms with van der Waals surface area (Å²) in [5, 5.41) is 24.9. The van der Waals surface area contributed by atoms with Gasteiger partial charge in [0.25, 0.3) is 0 Å². The van der Waals surface area contributed by atoms with Gasteiger partial charge in [-0.05, 0) is 12.1 Å². The molecule has 17 heavy (non-hydrogen) atoms. The SMILES string of the molecule is N=C(N)c1c(O)cnnc1Sc1ccncc1. The van der Waals surface area contributed by atoms with Gasteiger partial charge in [-0.25, -0.2) is 0 Å². The molecule has 4 N–H and O–H groups in total. The topological polar surface area (TPSA) is 109 Å². The van der Waals surface area contributed by atoms with E-state index in [4.69, 9.17) is 11.1 Å². The van der Waals surface area contributed by atoms with Gasteiger partial charge in [-0.1, -0.05) is 11.8 Å². The van der Waals surface area contributed by atoms with Crippen molar-refractivity contribution < 1.29 is 5.11 Å². The zero-order valence-corrected chi connectivity index (χ0v) is 9.48. The summed E-state index contributed by atoms with van der Waals surface area (Å²) in [7, 11) is 0. The molecule has 0 amide bonds. The standard InChI is InChI=1S/C10H9N5OS/c11-9(12)8-7(16)5-14-15-10(8)17-6-1-3-13-4-2-6/h1-5H,(H3,11,12)(H,15,16). The molecule has 0 aliphatic rings. The molecule has 2 rings (SSSR count). The number of hydrogen-bond donors (Lipinski definition) is 3. The predicted octanol–water partition coefficient (Wildman–Crippen LogP) is 1.01. The summed E-state index contributed by atoms with van der Waals surface area (Å²) in [6, 6.07) is 3.58. The molecule has 0 saturated heterocycles. The lowest BCUT2D eigenvalue weighted by Crippen LogP contribution is -2.13. The van der Waals surface area contributed by atoms with Crippen molar-refractivity contribution in [1.29, 1.82) is 5.41 Å². The maximum atomic E-state index is 9.59. The van der Waals surface area contributed by atoms with E-state index in [2.05, 4.69) is 15.2 Å². The molecule has 2 heterocycles. The third-order valence-corrected chi connectivity index (χ3v) is 2.92. The summed E-state index contributed by atoms with van der Waals surface area (Å²) in [5.74, 6) is -0.391. The molecule has 2 aromatic heterocycles. The number of nitrogen functional groups attached to an aromatic ring is 1. The van der Waals surface area contributed by atoms with Crippen molar-refractivity contribution in [2.45, 2.75) is 9.92 Å². The lowest BCUT2D eigenvalue weighted by molar-refractivity contribution is 0.466. The van der Waals surface area contributed by atoms with E-state index in [1.807, 2.05) is 0 Å². The van der Waals surface area contributed by atoms with Gasteiger partial charge in [0, 0.05) is 17.3 Å². The molecule has 0 radical (unpaired) electrons. The van der Waals surface area contributed by atoms with Crippen molar-refractivity contribution in [3.8, 4) is 5.75 Å². The monoisotopic (exact) mass is 247 g/mol. The van der Waals surface area contributed by atoms with Crippen LogP contribution in [0, 0.1) is 5.41 Å². The highest BCUT2D eigenvalue weighted by Gasteiger charge is 2.14. The number of rotatable bonds is 3. The largest absolute Gasteiger partial charge is 0.505 e. The normalized spacial score (nSPS) is 10.1. The van der Waals surface area contributed by atoms with Crippen LogP contribution in [-0.2, 0) is 0 Å². The first kappa shape index (κ1) is 11.3. The number of aromatic nitrogens is 3. The van der Waals surface area contributed by atoms with Crippen LogP contribution in [0.3, 0.4) is 0 Å². The summed E-state index contributed by atoms with van der Waals surface area (Å²) >= 11 is 1.26. The molecule has 6 nitrogen and oxygen atoms in total. The number of amidine groups is 1. The molecular formula is C10H9N5OS. The Morgan fingerprint density at radius 3 is 2.71 bits per heavy atom. The van der Waals surface area contributed by atoms with Gasteiger partial charge in [0.1, 0.15) is 16.6 Å². The van der Waals surface area contributed by atoms with Gasteiger partial charge in [-0.2, -0.15) is 5.10 Å². The zero-order chi connectivity index (χ0) is 12.3. The summed E-state index contributed by atoms with van der Waals surface area (Å²) in [5.41, 5.74) is 5.60. The highest BCUT2D eigenvalue weighted by Crippen LogP contribution is 2.31. The maximum absolute atomic E-state index is 9.59. The van der Waals surface area contributed by atoms with Crippen LogP contribution in [0.4, 0.5) is 0 Å². The van der Waals surface area contributed by atoms with Crippen molar-refractivity contribution in [1.82, 2.24) is 15.2 Å². The number of nitrogens with one attached hydrogen (secondary N) is 1. The van der Waals surface area contributed by atoms with Gasteiger partial charge in [0.2, 0.25) is 0 Å². The lowest BCUT2D eigenvalue weighted by atomic mass is 10.3. The summed E-state index contributed by atoms with van der Waals surface area (Å²) in [4.78, 5) is 4.77. The third kappa shape index (κ3) is 2.51. The van der Waals surface area contributed by atoms with Crippen LogP contribution in [0.1, 0.15) is 5.56 Å². The fraction of sp³-hybridized carbons (Fsp3) is 0. The highest BCUT2D eigenvalue weighted by molar-refractivity contribution is 7.99. The van der Waals surface area contributed by atoms with E-state index in [0.29, 0.717) is 5.03 Å². The second kappa shape index (κ2) is 4.79. The van der Waals surface area contributed by atoms with E-state index in [-0.39, 0.29) is 17.1 Å². The van der Waals surface area contributed by atoms with E-state index in [0.717, 1.165) is 11.1 Å². The number of nitrogens with zero attached hydrogens (tertiary/aromatic N) is 3. The third-order valence-electron chi connectivity index (χ3n) is 1.93. The van der Waals surface area contributed by atoms with Crippen molar-refractivity contribution in [3.63, 3.8) is 0 Å². The summed E-state index contributed by atoms with van der Waals surface area (Å²) in [6.45, 7) is 0. The van der Waals surface area contributed by atoms with E-state index in [1.165, 1.54) is 11.8 Å². The molecule has 0 spiro atoms. The van der Waals surface area contributed by atoms with Crippen molar-refractivity contribution in [2.24, 2.45) is 5.73 Å². The van der Waals surface area contributed by atoms with E-state index < -0.39 is 0 Å². The minimum absolute atomic E-state index is 0.149. The number of aromatic hydroxyl groups is 1. The Bertz CT molecular complexity index is 546. The van der Waals surface area contributed by atoms with Gasteiger partial charge in [0.05, 0.1) is 11.8 Å². The Morgan fingerprint density at radius 1 is 1.35 bits per heavy atom. The molecule has 0 unspecified atom stereocenters. The molecule has 0 fully saturated rings. The Morgan fingerprint density at radius 2 is 2.06 bits per heavy atom. The zero-order valence-electron chi connectivity index (χ0n) is 8.66. The number of hydrogen-bond acceptors (Lipinski definition) is 6. The molecular weight excluding hydrogens is 238 g/mol. The number of pyridine rings is 1. The molecule has 7 heteroatoms.